The number of nitrogens with zero attached hydrogens (tertiary/aromatic N) is 3. The number of amides is 1. The van der Waals surface area contributed by atoms with Crippen LogP contribution in [0, 0.1) is 5.92 Å². The van der Waals surface area contributed by atoms with Crippen molar-refractivity contribution >= 4 is 23.0 Å². The van der Waals surface area contributed by atoms with Gasteiger partial charge in [0.1, 0.15) is 0 Å². The van der Waals surface area contributed by atoms with Gasteiger partial charge in [0.15, 0.2) is 0 Å². The van der Waals surface area contributed by atoms with Crippen LogP contribution in [-0.4, -0.2) is 16.6 Å². The maximum absolute atomic E-state index is 11.8. The van der Waals surface area contributed by atoms with Gasteiger partial charge in [-0.2, -0.15) is 10.1 Å². The van der Waals surface area contributed by atoms with Crippen LogP contribution >= 0.6 is 0 Å². The van der Waals surface area contributed by atoms with Crippen molar-refractivity contribution in [3.05, 3.63) is 18.5 Å². The Hall–Kier alpha value is -1.91. The largest absolute Gasteiger partial charge is 0.397 e. The molecular formula is C10H12N4O. The van der Waals surface area contributed by atoms with E-state index in [1.54, 1.807) is 12.3 Å². The Bertz CT molecular complexity index is 441. The van der Waals surface area contributed by atoms with Crippen LogP contribution in [-0.2, 0) is 4.79 Å². The number of aromatic nitrogens is 1. The summed E-state index contributed by atoms with van der Waals surface area (Å²) in [7, 11) is 0. The SMILES string of the molecule is CC1=NN(c2cncc(N)c2)C(=O)[C@@H]1C. The van der Waals surface area contributed by atoms with Gasteiger partial charge >= 0.3 is 0 Å². The molecule has 0 saturated heterocycles. The average Bonchev–Trinajstić information content (AvgIpc) is 2.46. The molecule has 0 spiro atoms. The molecule has 0 unspecified atom stereocenters. The Morgan fingerprint density at radius 2 is 2.20 bits per heavy atom. The summed E-state index contributed by atoms with van der Waals surface area (Å²) in [5.41, 5.74) is 7.54. The fourth-order valence-electron chi connectivity index (χ4n) is 1.40. The highest BCUT2D eigenvalue weighted by atomic mass is 16.2. The van der Waals surface area contributed by atoms with E-state index in [1.165, 1.54) is 11.2 Å². The van der Waals surface area contributed by atoms with Crippen molar-refractivity contribution in [2.45, 2.75) is 13.8 Å². The molecule has 0 radical (unpaired) electrons. The Balaban J connectivity index is 2.37. The van der Waals surface area contributed by atoms with Gasteiger partial charge in [-0.15, -0.1) is 0 Å². The molecule has 78 valence electrons. The summed E-state index contributed by atoms with van der Waals surface area (Å²) in [6.45, 7) is 3.67. The smallest absolute Gasteiger partial charge is 0.256 e. The fraction of sp³-hybridized carbons (Fsp3) is 0.300. The van der Waals surface area contributed by atoms with Crippen molar-refractivity contribution in [3.8, 4) is 0 Å². The maximum atomic E-state index is 11.8. The van der Waals surface area contributed by atoms with Crippen LogP contribution < -0.4 is 10.7 Å². The van der Waals surface area contributed by atoms with Crippen LogP contribution in [0.2, 0.25) is 0 Å². The molecule has 1 aliphatic heterocycles. The highest BCUT2D eigenvalue weighted by Crippen LogP contribution is 2.23. The molecule has 15 heavy (non-hydrogen) atoms. The predicted octanol–water partition coefficient (Wildman–Crippen LogP) is 1.02. The molecule has 1 aliphatic rings. The number of pyridine rings is 1. The Morgan fingerprint density at radius 1 is 1.47 bits per heavy atom. The van der Waals surface area contributed by atoms with Gasteiger partial charge in [-0.05, 0) is 19.9 Å². The summed E-state index contributed by atoms with van der Waals surface area (Å²) in [6, 6.07) is 1.68. The highest BCUT2D eigenvalue weighted by Gasteiger charge is 2.30. The lowest BCUT2D eigenvalue weighted by Gasteiger charge is -2.12. The molecule has 0 aliphatic carbocycles. The minimum absolute atomic E-state index is 0.0418. The first kappa shape index (κ1) is 9.64. The van der Waals surface area contributed by atoms with Crippen molar-refractivity contribution in [1.82, 2.24) is 4.98 Å². The molecule has 2 N–H and O–H groups in total. The predicted molar refractivity (Wildman–Crippen MR) is 58.4 cm³/mol. The summed E-state index contributed by atoms with van der Waals surface area (Å²) in [4.78, 5) is 15.7. The minimum Gasteiger partial charge on any atom is -0.397 e. The van der Waals surface area contributed by atoms with Crippen molar-refractivity contribution in [2.24, 2.45) is 11.0 Å². The lowest BCUT2D eigenvalue weighted by atomic mass is 10.1. The summed E-state index contributed by atoms with van der Waals surface area (Å²) >= 11 is 0. The molecule has 1 amide bonds. The number of nitrogen functional groups attached to an aromatic ring is 1. The van der Waals surface area contributed by atoms with Crippen LogP contribution in [0.25, 0.3) is 0 Å². The lowest BCUT2D eigenvalue weighted by Crippen LogP contribution is -2.25. The zero-order valence-corrected chi connectivity index (χ0v) is 8.64. The zero-order valence-electron chi connectivity index (χ0n) is 8.64. The normalized spacial score (nSPS) is 20.7. The van der Waals surface area contributed by atoms with Crippen LogP contribution in [0.5, 0.6) is 0 Å². The quantitative estimate of drug-likeness (QED) is 0.742. The van der Waals surface area contributed by atoms with Crippen LogP contribution in [0.3, 0.4) is 0 Å². The van der Waals surface area contributed by atoms with E-state index in [1.807, 2.05) is 13.8 Å². The van der Waals surface area contributed by atoms with Gasteiger partial charge in [-0.3, -0.25) is 9.78 Å². The molecule has 5 heteroatoms. The molecule has 2 heterocycles. The molecule has 2 rings (SSSR count). The standard InChI is InChI=1S/C10H12N4O/c1-6-7(2)13-14(10(6)15)9-3-8(11)4-12-5-9/h3-6H,11H2,1-2H3/t6-/m1/s1. The van der Waals surface area contributed by atoms with Gasteiger partial charge in [-0.1, -0.05) is 0 Å². The Kier molecular flexibility index (Phi) is 2.15. The second-order valence-corrected chi connectivity index (χ2v) is 3.59. The van der Waals surface area contributed by atoms with E-state index in [0.29, 0.717) is 11.4 Å². The van der Waals surface area contributed by atoms with E-state index >= 15 is 0 Å². The molecule has 1 atom stereocenters. The number of hydrazone groups is 1. The van der Waals surface area contributed by atoms with E-state index in [9.17, 15) is 4.79 Å². The topological polar surface area (TPSA) is 71.6 Å². The Morgan fingerprint density at radius 3 is 2.73 bits per heavy atom. The third kappa shape index (κ3) is 1.56. The van der Waals surface area contributed by atoms with Gasteiger partial charge < -0.3 is 5.73 Å². The summed E-state index contributed by atoms with van der Waals surface area (Å²) in [6.07, 6.45) is 3.10. The number of carbonyl (C=O) groups is 1. The first-order valence-electron chi connectivity index (χ1n) is 4.69. The van der Waals surface area contributed by atoms with E-state index in [0.717, 1.165) is 5.71 Å². The third-order valence-corrected chi connectivity index (χ3v) is 2.45. The molecule has 1 aromatic rings. The van der Waals surface area contributed by atoms with Crippen LogP contribution in [0.1, 0.15) is 13.8 Å². The number of nitrogens with two attached hydrogens (primary N) is 1. The summed E-state index contributed by atoms with van der Waals surface area (Å²) in [5, 5.41) is 5.52. The molecule has 1 aromatic heterocycles. The van der Waals surface area contributed by atoms with E-state index < -0.39 is 0 Å². The monoisotopic (exact) mass is 204 g/mol. The lowest BCUT2D eigenvalue weighted by molar-refractivity contribution is -0.119. The second-order valence-electron chi connectivity index (χ2n) is 3.59. The van der Waals surface area contributed by atoms with Gasteiger partial charge in [0.2, 0.25) is 0 Å². The first-order chi connectivity index (χ1) is 7.09. The molecule has 0 aromatic carbocycles. The minimum atomic E-state index is -0.161. The highest BCUT2D eigenvalue weighted by molar-refractivity contribution is 6.14. The van der Waals surface area contributed by atoms with Gasteiger partial charge in [0.25, 0.3) is 5.91 Å². The van der Waals surface area contributed by atoms with Crippen molar-refractivity contribution in [2.75, 3.05) is 10.7 Å². The fourth-order valence-corrected chi connectivity index (χ4v) is 1.40. The molecule has 0 bridgehead atoms. The van der Waals surface area contributed by atoms with Gasteiger partial charge in [0, 0.05) is 11.9 Å². The molecular weight excluding hydrogens is 192 g/mol. The zero-order chi connectivity index (χ0) is 11.0. The summed E-state index contributed by atoms with van der Waals surface area (Å²) in [5.74, 6) is -0.202. The van der Waals surface area contributed by atoms with E-state index in [4.69, 9.17) is 5.73 Å². The van der Waals surface area contributed by atoms with Gasteiger partial charge in [0.05, 0.1) is 23.5 Å². The molecule has 5 nitrogen and oxygen atoms in total. The average molecular weight is 204 g/mol. The summed E-state index contributed by atoms with van der Waals surface area (Å²) < 4.78 is 0. The van der Waals surface area contributed by atoms with E-state index in [-0.39, 0.29) is 11.8 Å². The maximum Gasteiger partial charge on any atom is 0.256 e. The van der Waals surface area contributed by atoms with Crippen molar-refractivity contribution in [1.29, 1.82) is 0 Å². The number of anilines is 2. The Labute approximate surface area is 87.6 Å². The third-order valence-electron chi connectivity index (χ3n) is 2.45. The van der Waals surface area contributed by atoms with Crippen molar-refractivity contribution in [3.63, 3.8) is 0 Å². The second kappa shape index (κ2) is 3.34. The van der Waals surface area contributed by atoms with Crippen LogP contribution in [0.4, 0.5) is 11.4 Å². The first-order valence-corrected chi connectivity index (χ1v) is 4.69. The van der Waals surface area contributed by atoms with Crippen LogP contribution in [0.15, 0.2) is 23.6 Å². The number of rotatable bonds is 1. The van der Waals surface area contributed by atoms with Gasteiger partial charge in [-0.25, -0.2) is 0 Å². The molecule has 0 saturated carbocycles. The van der Waals surface area contributed by atoms with Crippen molar-refractivity contribution < 1.29 is 4.79 Å². The molecule has 0 fully saturated rings. The number of hydrogen-bond donors (Lipinski definition) is 1. The van der Waals surface area contributed by atoms with E-state index in [2.05, 4.69) is 10.1 Å². The number of hydrogen-bond acceptors (Lipinski definition) is 4. The number of carbonyl (C=O) groups excluding carboxylic acids is 1.